The minimum absolute atomic E-state index is 0. The summed E-state index contributed by atoms with van der Waals surface area (Å²) in [5, 5.41) is 0. The first-order valence-electron chi connectivity index (χ1n) is 1.77. The maximum absolute atomic E-state index is 3.60. The van der Waals surface area contributed by atoms with Gasteiger partial charge in [-0.1, -0.05) is 0 Å². The van der Waals surface area contributed by atoms with Gasteiger partial charge in [0.25, 0.3) is 0 Å². The maximum atomic E-state index is 3.60. The van der Waals surface area contributed by atoms with Crippen molar-refractivity contribution in [1.29, 1.82) is 0 Å². The zero-order valence-corrected chi connectivity index (χ0v) is 7.44. The van der Waals surface area contributed by atoms with Crippen LogP contribution in [-0.4, -0.2) is 6.21 Å². The standard InChI is InChI=1S/C5H7N.Y/c1-3-5-6-4-2;/h5H,1-2H3;/q-2;. The third-order valence-corrected chi connectivity index (χ3v) is 0.323. The molecule has 0 rings (SSSR count). The van der Waals surface area contributed by atoms with Gasteiger partial charge in [0.2, 0.25) is 0 Å². The van der Waals surface area contributed by atoms with Crippen LogP contribution in [0.25, 0.3) is 0 Å². The summed E-state index contributed by atoms with van der Waals surface area (Å²) >= 11 is 0. The monoisotopic (exact) mass is 170 g/mol. The van der Waals surface area contributed by atoms with Crippen LogP contribution in [-0.2, 0) is 32.7 Å². The van der Waals surface area contributed by atoms with Crippen molar-refractivity contribution in [3.8, 4) is 0 Å². The first-order valence-corrected chi connectivity index (χ1v) is 1.77. The molecule has 1 nitrogen and oxygen atoms in total. The van der Waals surface area contributed by atoms with Crippen molar-refractivity contribution in [1.82, 2.24) is 0 Å². The maximum Gasteiger partial charge on any atom is 0 e. The molecule has 0 aliphatic carbocycles. The summed E-state index contributed by atoms with van der Waals surface area (Å²) in [4.78, 5) is 3.60. The van der Waals surface area contributed by atoms with E-state index in [1.54, 1.807) is 20.0 Å². The summed E-state index contributed by atoms with van der Waals surface area (Å²) in [6.07, 6.45) is 6.86. The van der Waals surface area contributed by atoms with Gasteiger partial charge in [-0.15, -0.1) is 6.92 Å². The van der Waals surface area contributed by atoms with Crippen molar-refractivity contribution in [3.63, 3.8) is 0 Å². The van der Waals surface area contributed by atoms with E-state index in [0.29, 0.717) is 0 Å². The van der Waals surface area contributed by atoms with Gasteiger partial charge in [0, 0.05) is 32.7 Å². The van der Waals surface area contributed by atoms with E-state index in [1.165, 1.54) is 0 Å². The zero-order valence-electron chi connectivity index (χ0n) is 4.60. The van der Waals surface area contributed by atoms with E-state index in [0.717, 1.165) is 0 Å². The molecule has 0 aliphatic rings. The summed E-state index contributed by atoms with van der Waals surface area (Å²) in [5.41, 5.74) is 0. The van der Waals surface area contributed by atoms with Gasteiger partial charge in [-0.2, -0.15) is 6.21 Å². The second kappa shape index (κ2) is 9.72. The van der Waals surface area contributed by atoms with Gasteiger partial charge < -0.3 is 17.3 Å². The summed E-state index contributed by atoms with van der Waals surface area (Å²) in [6, 6.07) is 0. The van der Waals surface area contributed by atoms with Crippen molar-refractivity contribution in [2.75, 3.05) is 0 Å². The fourth-order valence-electron chi connectivity index (χ4n) is 0.129. The minimum Gasteiger partial charge on any atom is -0.587 e. The van der Waals surface area contributed by atoms with E-state index in [9.17, 15) is 0 Å². The fourth-order valence-corrected chi connectivity index (χ4v) is 0.129. The van der Waals surface area contributed by atoms with E-state index in [1.807, 2.05) is 0 Å². The Hall–Kier alpha value is 0.514. The van der Waals surface area contributed by atoms with Crippen molar-refractivity contribution >= 4 is 6.21 Å². The van der Waals surface area contributed by atoms with Gasteiger partial charge in [0.1, 0.15) is 0 Å². The zero-order chi connectivity index (χ0) is 4.83. The van der Waals surface area contributed by atoms with Crippen molar-refractivity contribution in [2.45, 2.75) is 13.8 Å². The number of aliphatic imine (C=N–C) groups is 1. The van der Waals surface area contributed by atoms with Crippen LogP contribution in [0.2, 0.25) is 0 Å². The molecule has 2 heteroatoms. The van der Waals surface area contributed by atoms with Gasteiger partial charge in [-0.3, -0.25) is 0 Å². The third kappa shape index (κ3) is 10.7. The average molecular weight is 170 g/mol. The molecule has 0 aliphatic heterocycles. The molecule has 0 aromatic carbocycles. The fraction of sp³-hybridized carbons (Fsp3) is 0.400. The molecule has 37 valence electrons. The summed E-state index contributed by atoms with van der Waals surface area (Å²) in [6.45, 7) is 3.54. The molecule has 0 bridgehead atoms. The molecule has 0 spiro atoms. The molecular weight excluding hydrogens is 163 g/mol. The predicted molar refractivity (Wildman–Crippen MR) is 26.6 cm³/mol. The van der Waals surface area contributed by atoms with E-state index in [-0.39, 0.29) is 32.7 Å². The number of hydrogen-bond donors (Lipinski definition) is 0. The van der Waals surface area contributed by atoms with Gasteiger partial charge in [0.05, 0.1) is 0 Å². The normalized spacial score (nSPS) is 10.0. The predicted octanol–water partition coefficient (Wildman–Crippen LogP) is 1.29. The van der Waals surface area contributed by atoms with E-state index in [2.05, 4.69) is 17.3 Å². The van der Waals surface area contributed by atoms with E-state index < -0.39 is 0 Å². The quantitative estimate of drug-likeness (QED) is 0.415. The Morgan fingerprint density at radius 3 is 2.14 bits per heavy atom. The van der Waals surface area contributed by atoms with Crippen LogP contribution in [0, 0.1) is 6.08 Å². The Morgan fingerprint density at radius 1 is 1.43 bits per heavy atom. The molecule has 0 atom stereocenters. The first kappa shape index (κ1) is 10.5. The Balaban J connectivity index is 0. The Bertz CT molecular complexity index is 56.5. The SMILES string of the molecule is C[C-]=CN=[C-]C.[Y]. The molecule has 0 amide bonds. The number of rotatable bonds is 1. The second-order valence-electron chi connectivity index (χ2n) is 0.770. The summed E-state index contributed by atoms with van der Waals surface area (Å²) in [7, 11) is 0. The Kier molecular flexibility index (Phi) is 14.6. The van der Waals surface area contributed by atoms with Crippen LogP contribution < -0.4 is 0 Å². The van der Waals surface area contributed by atoms with Crippen LogP contribution in [0.5, 0.6) is 0 Å². The molecule has 0 saturated carbocycles. The molecule has 0 unspecified atom stereocenters. The van der Waals surface area contributed by atoms with Crippen molar-refractivity contribution < 1.29 is 32.7 Å². The number of allylic oxidation sites excluding steroid dienone is 1. The molecule has 1 radical (unpaired) electrons. The molecule has 0 aromatic heterocycles. The van der Waals surface area contributed by atoms with E-state index >= 15 is 0 Å². The molecule has 7 heavy (non-hydrogen) atoms. The Morgan fingerprint density at radius 2 is 2.00 bits per heavy atom. The van der Waals surface area contributed by atoms with Gasteiger partial charge >= 0.3 is 0 Å². The van der Waals surface area contributed by atoms with Crippen LogP contribution in [0.4, 0.5) is 0 Å². The van der Waals surface area contributed by atoms with Crippen molar-refractivity contribution in [3.05, 3.63) is 12.3 Å². The molecule has 0 heterocycles. The van der Waals surface area contributed by atoms with Crippen LogP contribution >= 0.6 is 0 Å². The number of nitrogens with zero attached hydrogens (tertiary/aromatic N) is 1. The summed E-state index contributed by atoms with van der Waals surface area (Å²) in [5.74, 6) is 0. The average Bonchev–Trinajstić information content (AvgIpc) is 1.61. The molecule has 0 saturated heterocycles. The summed E-state index contributed by atoms with van der Waals surface area (Å²) < 4.78 is 0. The molecular formula is C5H7NY-2. The largest absolute Gasteiger partial charge is 0.587 e. The first-order chi connectivity index (χ1) is 2.91. The van der Waals surface area contributed by atoms with Crippen molar-refractivity contribution in [2.24, 2.45) is 4.99 Å². The van der Waals surface area contributed by atoms with Gasteiger partial charge in [-0.25, -0.2) is 6.92 Å². The smallest absolute Gasteiger partial charge is 0 e. The van der Waals surface area contributed by atoms with Crippen LogP contribution in [0.15, 0.2) is 11.2 Å². The van der Waals surface area contributed by atoms with Gasteiger partial charge in [0.15, 0.2) is 0 Å². The number of hydrogen-bond acceptors (Lipinski definition) is 1. The molecule has 0 aromatic rings. The van der Waals surface area contributed by atoms with Crippen LogP contribution in [0.3, 0.4) is 0 Å². The van der Waals surface area contributed by atoms with E-state index in [4.69, 9.17) is 0 Å². The van der Waals surface area contributed by atoms with Crippen LogP contribution in [0.1, 0.15) is 13.8 Å². The minimum atomic E-state index is 0. The Labute approximate surface area is 69.8 Å². The topological polar surface area (TPSA) is 12.4 Å². The molecule has 0 fully saturated rings. The molecule has 0 N–H and O–H groups in total. The third-order valence-electron chi connectivity index (χ3n) is 0.323. The van der Waals surface area contributed by atoms with Gasteiger partial charge in [-0.05, 0) is 0 Å². The second-order valence-corrected chi connectivity index (χ2v) is 0.770.